The van der Waals surface area contributed by atoms with Gasteiger partial charge in [0.25, 0.3) is 5.91 Å². The number of amides is 2. The Bertz CT molecular complexity index is 1160. The summed E-state index contributed by atoms with van der Waals surface area (Å²) < 4.78 is 28.4. The standard InChI is InChI=1S/C21H17F2N5O2/c22-13-7-8-18(16(23)10-13)28-12-14(24-25-28)11-27-17-5-2-1-4-15(17)20(29)26-9-3-6-19(26)21(27)30/h1-2,4-5,7-8,10,12,19H,3,6,9,11H2. The van der Waals surface area contributed by atoms with E-state index in [1.165, 1.54) is 16.9 Å². The van der Waals surface area contributed by atoms with Crippen LogP contribution in [-0.4, -0.2) is 44.3 Å². The number of para-hydroxylation sites is 1. The van der Waals surface area contributed by atoms with Gasteiger partial charge in [-0.2, -0.15) is 0 Å². The van der Waals surface area contributed by atoms with Crippen molar-refractivity contribution in [2.75, 3.05) is 11.4 Å². The van der Waals surface area contributed by atoms with Crippen LogP contribution in [0.5, 0.6) is 0 Å². The van der Waals surface area contributed by atoms with E-state index >= 15 is 0 Å². The molecule has 2 aliphatic rings. The molecule has 0 spiro atoms. The van der Waals surface area contributed by atoms with Crippen LogP contribution in [0.15, 0.2) is 48.7 Å². The summed E-state index contributed by atoms with van der Waals surface area (Å²) in [6, 6.07) is 9.65. The van der Waals surface area contributed by atoms with Crippen LogP contribution in [0.2, 0.25) is 0 Å². The van der Waals surface area contributed by atoms with Crippen molar-refractivity contribution in [1.29, 1.82) is 0 Å². The molecular weight excluding hydrogens is 392 g/mol. The Balaban J connectivity index is 1.51. The average Bonchev–Trinajstić information content (AvgIpc) is 3.39. The first-order chi connectivity index (χ1) is 14.5. The van der Waals surface area contributed by atoms with Gasteiger partial charge in [-0.3, -0.25) is 9.59 Å². The van der Waals surface area contributed by atoms with E-state index in [2.05, 4.69) is 10.3 Å². The first-order valence-corrected chi connectivity index (χ1v) is 9.61. The second-order valence-corrected chi connectivity index (χ2v) is 7.35. The molecule has 1 aromatic heterocycles. The molecule has 1 unspecified atom stereocenters. The van der Waals surface area contributed by atoms with Crippen LogP contribution < -0.4 is 4.90 Å². The molecular formula is C21H17F2N5O2. The Kier molecular flexibility index (Phi) is 4.30. The maximum absolute atomic E-state index is 14.1. The molecule has 1 saturated heterocycles. The molecule has 0 saturated carbocycles. The molecule has 3 aromatic rings. The van der Waals surface area contributed by atoms with E-state index in [1.54, 1.807) is 34.1 Å². The van der Waals surface area contributed by atoms with Crippen molar-refractivity contribution in [1.82, 2.24) is 19.9 Å². The topological polar surface area (TPSA) is 71.3 Å². The highest BCUT2D eigenvalue weighted by molar-refractivity contribution is 6.11. The zero-order valence-electron chi connectivity index (χ0n) is 15.8. The Morgan fingerprint density at radius 2 is 1.90 bits per heavy atom. The Hall–Kier alpha value is -3.62. The monoisotopic (exact) mass is 409 g/mol. The van der Waals surface area contributed by atoms with E-state index in [1.807, 2.05) is 0 Å². The largest absolute Gasteiger partial charge is 0.327 e. The number of rotatable bonds is 3. The van der Waals surface area contributed by atoms with Gasteiger partial charge in [0.15, 0.2) is 5.82 Å². The fraction of sp³-hybridized carbons (Fsp3) is 0.238. The van der Waals surface area contributed by atoms with Gasteiger partial charge in [0.2, 0.25) is 5.91 Å². The van der Waals surface area contributed by atoms with E-state index in [4.69, 9.17) is 0 Å². The Labute approximate surface area is 170 Å². The highest BCUT2D eigenvalue weighted by Crippen LogP contribution is 2.33. The van der Waals surface area contributed by atoms with Gasteiger partial charge in [-0.15, -0.1) is 5.10 Å². The summed E-state index contributed by atoms with van der Waals surface area (Å²) in [5, 5.41) is 7.97. The van der Waals surface area contributed by atoms with Crippen LogP contribution in [0, 0.1) is 11.6 Å². The number of carbonyl (C=O) groups excluding carboxylic acids is 2. The zero-order chi connectivity index (χ0) is 20.8. The number of aromatic nitrogens is 3. The van der Waals surface area contributed by atoms with Gasteiger partial charge in [-0.05, 0) is 37.1 Å². The quantitative estimate of drug-likeness (QED) is 0.667. The lowest BCUT2D eigenvalue weighted by Crippen LogP contribution is -2.44. The van der Waals surface area contributed by atoms with Crippen molar-refractivity contribution < 1.29 is 18.4 Å². The lowest BCUT2D eigenvalue weighted by Gasteiger charge is -2.25. The lowest BCUT2D eigenvalue weighted by molar-refractivity contribution is -0.122. The van der Waals surface area contributed by atoms with E-state index in [9.17, 15) is 18.4 Å². The summed E-state index contributed by atoms with van der Waals surface area (Å²) in [5.74, 6) is -1.78. The molecule has 9 heteroatoms. The number of carbonyl (C=O) groups is 2. The maximum Gasteiger partial charge on any atom is 0.256 e. The van der Waals surface area contributed by atoms with E-state index in [0.717, 1.165) is 18.6 Å². The van der Waals surface area contributed by atoms with Crippen LogP contribution in [0.4, 0.5) is 14.5 Å². The zero-order valence-corrected chi connectivity index (χ0v) is 15.8. The predicted molar refractivity (Wildman–Crippen MR) is 103 cm³/mol. The molecule has 0 radical (unpaired) electrons. The molecule has 0 aliphatic carbocycles. The third-order valence-electron chi connectivity index (χ3n) is 5.51. The lowest BCUT2D eigenvalue weighted by atomic mass is 10.1. The predicted octanol–water partition coefficient (Wildman–Crippen LogP) is 2.70. The van der Waals surface area contributed by atoms with Gasteiger partial charge >= 0.3 is 0 Å². The summed E-state index contributed by atoms with van der Waals surface area (Å²) in [6.07, 6.45) is 2.88. The summed E-state index contributed by atoms with van der Waals surface area (Å²) in [5.41, 5.74) is 1.45. The normalized spacial score (nSPS) is 18.4. The van der Waals surface area contributed by atoms with Crippen LogP contribution in [-0.2, 0) is 11.3 Å². The molecule has 7 nitrogen and oxygen atoms in total. The molecule has 0 N–H and O–H groups in total. The maximum atomic E-state index is 14.1. The number of halogens is 2. The molecule has 2 aliphatic heterocycles. The fourth-order valence-electron chi connectivity index (χ4n) is 4.09. The Morgan fingerprint density at radius 3 is 2.73 bits per heavy atom. The minimum atomic E-state index is -0.769. The van der Waals surface area contributed by atoms with Crippen LogP contribution in [0.3, 0.4) is 0 Å². The van der Waals surface area contributed by atoms with Gasteiger partial charge in [0, 0.05) is 12.6 Å². The molecule has 152 valence electrons. The third kappa shape index (κ3) is 2.94. The Morgan fingerprint density at radius 1 is 1.07 bits per heavy atom. The SMILES string of the molecule is O=C1C2CCCN2C(=O)c2ccccc2N1Cc1cn(-c2ccc(F)cc2F)nn1. The van der Waals surface area contributed by atoms with Gasteiger partial charge < -0.3 is 9.80 Å². The number of nitrogens with zero attached hydrogens (tertiary/aromatic N) is 5. The molecule has 2 aromatic carbocycles. The second kappa shape index (κ2) is 7.01. The number of benzene rings is 2. The first kappa shape index (κ1) is 18.4. The van der Waals surface area contributed by atoms with E-state index in [-0.39, 0.29) is 24.0 Å². The average molecular weight is 409 g/mol. The smallest absolute Gasteiger partial charge is 0.256 e. The van der Waals surface area contributed by atoms with Gasteiger partial charge in [0.05, 0.1) is 24.0 Å². The number of hydrogen-bond donors (Lipinski definition) is 0. The van der Waals surface area contributed by atoms with E-state index in [0.29, 0.717) is 29.9 Å². The first-order valence-electron chi connectivity index (χ1n) is 9.61. The highest BCUT2D eigenvalue weighted by atomic mass is 19.1. The molecule has 5 rings (SSSR count). The van der Waals surface area contributed by atoms with E-state index < -0.39 is 17.7 Å². The summed E-state index contributed by atoms with van der Waals surface area (Å²) in [6.45, 7) is 0.633. The van der Waals surface area contributed by atoms with Crippen LogP contribution >= 0.6 is 0 Å². The molecule has 2 amide bonds. The minimum absolute atomic E-state index is 0.0508. The molecule has 1 atom stereocenters. The van der Waals surface area contributed by atoms with Crippen molar-refractivity contribution in [3.63, 3.8) is 0 Å². The molecule has 30 heavy (non-hydrogen) atoms. The van der Waals surface area contributed by atoms with Crippen molar-refractivity contribution in [3.8, 4) is 5.69 Å². The van der Waals surface area contributed by atoms with Gasteiger partial charge in [0.1, 0.15) is 23.2 Å². The highest BCUT2D eigenvalue weighted by Gasteiger charge is 2.42. The minimum Gasteiger partial charge on any atom is -0.327 e. The van der Waals surface area contributed by atoms with Crippen LogP contribution in [0.1, 0.15) is 28.9 Å². The van der Waals surface area contributed by atoms with Crippen molar-refractivity contribution >= 4 is 17.5 Å². The summed E-state index contributed by atoms with van der Waals surface area (Å²) >= 11 is 0. The number of fused-ring (bicyclic) bond motifs is 2. The third-order valence-corrected chi connectivity index (χ3v) is 5.51. The summed E-state index contributed by atoms with van der Waals surface area (Å²) in [7, 11) is 0. The molecule has 1 fully saturated rings. The van der Waals surface area contributed by atoms with Crippen molar-refractivity contribution in [3.05, 3.63) is 71.6 Å². The number of anilines is 1. The second-order valence-electron chi connectivity index (χ2n) is 7.35. The fourth-order valence-corrected chi connectivity index (χ4v) is 4.09. The number of hydrogen-bond acceptors (Lipinski definition) is 4. The van der Waals surface area contributed by atoms with Gasteiger partial charge in [-0.25, -0.2) is 13.5 Å². The van der Waals surface area contributed by atoms with Crippen molar-refractivity contribution in [2.24, 2.45) is 0 Å². The van der Waals surface area contributed by atoms with Crippen LogP contribution in [0.25, 0.3) is 5.69 Å². The molecule has 3 heterocycles. The van der Waals surface area contributed by atoms with Crippen molar-refractivity contribution in [2.45, 2.75) is 25.4 Å². The van der Waals surface area contributed by atoms with Gasteiger partial charge in [-0.1, -0.05) is 17.3 Å². The molecule has 0 bridgehead atoms. The summed E-state index contributed by atoms with van der Waals surface area (Å²) in [4.78, 5) is 29.4.